The van der Waals surface area contributed by atoms with E-state index in [4.69, 9.17) is 9.47 Å². The highest BCUT2D eigenvalue weighted by Crippen LogP contribution is 2.36. The van der Waals surface area contributed by atoms with Gasteiger partial charge in [0.05, 0.1) is 25.2 Å². The average molecular weight is 205 g/mol. The Balaban J connectivity index is 1.87. The van der Waals surface area contributed by atoms with Crippen LogP contribution in [-0.4, -0.2) is 25.8 Å². The molecule has 1 N–H and O–H groups in total. The fraction of sp³-hybridized carbons (Fsp3) is 0.500. The first kappa shape index (κ1) is 9.19. The average Bonchev–Trinajstić information content (AvgIpc) is 2.74. The lowest BCUT2D eigenvalue weighted by molar-refractivity contribution is 0.0502. The second kappa shape index (κ2) is 3.83. The smallest absolute Gasteiger partial charge is 0.0939 e. The summed E-state index contributed by atoms with van der Waals surface area (Å²) in [7, 11) is 0. The lowest BCUT2D eigenvalue weighted by Gasteiger charge is -2.25. The van der Waals surface area contributed by atoms with Crippen LogP contribution in [0.3, 0.4) is 0 Å². The van der Waals surface area contributed by atoms with Gasteiger partial charge >= 0.3 is 0 Å². The van der Waals surface area contributed by atoms with Gasteiger partial charge in [-0.05, 0) is 35.6 Å². The summed E-state index contributed by atoms with van der Waals surface area (Å²) in [6, 6.07) is 0. The van der Waals surface area contributed by atoms with E-state index in [9.17, 15) is 0 Å². The lowest BCUT2D eigenvalue weighted by Crippen LogP contribution is -2.39. The summed E-state index contributed by atoms with van der Waals surface area (Å²) in [6.45, 7) is 2.74. The number of morpholine rings is 1. The first-order valence-corrected chi connectivity index (χ1v) is 5.52. The molecule has 1 atom stereocenters. The van der Waals surface area contributed by atoms with Crippen molar-refractivity contribution in [3.8, 4) is 0 Å². The van der Waals surface area contributed by atoms with Gasteiger partial charge in [0.25, 0.3) is 0 Å². The maximum absolute atomic E-state index is 5.79. The monoisotopic (exact) mass is 205 g/mol. The van der Waals surface area contributed by atoms with Crippen molar-refractivity contribution in [1.82, 2.24) is 5.32 Å². The molecule has 1 aliphatic carbocycles. The zero-order valence-corrected chi connectivity index (χ0v) is 8.66. The van der Waals surface area contributed by atoms with Crippen molar-refractivity contribution >= 4 is 0 Å². The number of hydrogen-bond acceptors (Lipinski definition) is 3. The van der Waals surface area contributed by atoms with E-state index in [0.717, 1.165) is 32.5 Å². The lowest BCUT2D eigenvalue weighted by atomic mass is 10.0. The SMILES string of the molecule is C1=CC2=C([C@@H]3CNCCO3)CCC2=CO1. The molecule has 3 heteroatoms. The highest BCUT2D eigenvalue weighted by atomic mass is 16.5. The van der Waals surface area contributed by atoms with Gasteiger partial charge in [-0.15, -0.1) is 0 Å². The molecule has 3 aliphatic rings. The van der Waals surface area contributed by atoms with Crippen molar-refractivity contribution in [1.29, 1.82) is 0 Å². The van der Waals surface area contributed by atoms with Gasteiger partial charge in [0, 0.05) is 13.1 Å². The Hall–Kier alpha value is -1.06. The van der Waals surface area contributed by atoms with Gasteiger partial charge in [-0.25, -0.2) is 0 Å². The van der Waals surface area contributed by atoms with Crippen LogP contribution in [0.5, 0.6) is 0 Å². The van der Waals surface area contributed by atoms with Gasteiger partial charge in [0.1, 0.15) is 0 Å². The van der Waals surface area contributed by atoms with E-state index in [1.165, 1.54) is 16.7 Å². The van der Waals surface area contributed by atoms with Gasteiger partial charge in [-0.2, -0.15) is 0 Å². The zero-order chi connectivity index (χ0) is 10.1. The van der Waals surface area contributed by atoms with Gasteiger partial charge in [0.15, 0.2) is 0 Å². The van der Waals surface area contributed by atoms with E-state index in [0.29, 0.717) is 0 Å². The minimum Gasteiger partial charge on any atom is -0.472 e. The summed E-state index contributed by atoms with van der Waals surface area (Å²) >= 11 is 0. The van der Waals surface area contributed by atoms with E-state index in [1.54, 1.807) is 6.26 Å². The largest absolute Gasteiger partial charge is 0.472 e. The van der Waals surface area contributed by atoms with E-state index in [-0.39, 0.29) is 6.10 Å². The first-order valence-electron chi connectivity index (χ1n) is 5.52. The highest BCUT2D eigenvalue weighted by Gasteiger charge is 2.27. The van der Waals surface area contributed by atoms with Crippen molar-refractivity contribution in [2.75, 3.05) is 19.7 Å². The molecule has 1 saturated heterocycles. The quantitative estimate of drug-likeness (QED) is 0.703. The molecule has 0 radical (unpaired) electrons. The maximum atomic E-state index is 5.79. The number of rotatable bonds is 1. The molecule has 15 heavy (non-hydrogen) atoms. The Morgan fingerprint density at radius 1 is 1.33 bits per heavy atom. The molecule has 0 spiro atoms. The summed E-state index contributed by atoms with van der Waals surface area (Å²) in [4.78, 5) is 0. The summed E-state index contributed by atoms with van der Waals surface area (Å²) in [5, 5.41) is 3.37. The Bertz CT molecular complexity index is 349. The molecule has 0 bridgehead atoms. The van der Waals surface area contributed by atoms with E-state index < -0.39 is 0 Å². The number of hydrogen-bond donors (Lipinski definition) is 1. The summed E-state index contributed by atoms with van der Waals surface area (Å²) in [6.07, 6.45) is 8.15. The molecule has 1 fully saturated rings. The fourth-order valence-electron chi connectivity index (χ4n) is 2.43. The highest BCUT2D eigenvalue weighted by molar-refractivity contribution is 5.50. The Kier molecular flexibility index (Phi) is 2.35. The van der Waals surface area contributed by atoms with Crippen LogP contribution in [0.25, 0.3) is 0 Å². The minimum absolute atomic E-state index is 0.266. The van der Waals surface area contributed by atoms with Crippen molar-refractivity contribution in [3.05, 3.63) is 35.3 Å². The number of nitrogens with one attached hydrogen (secondary N) is 1. The molecule has 2 aliphatic heterocycles. The van der Waals surface area contributed by atoms with Gasteiger partial charge in [0.2, 0.25) is 0 Å². The van der Waals surface area contributed by atoms with Crippen LogP contribution in [0.15, 0.2) is 35.3 Å². The van der Waals surface area contributed by atoms with Gasteiger partial charge < -0.3 is 14.8 Å². The van der Waals surface area contributed by atoms with Crippen LogP contribution in [0.2, 0.25) is 0 Å². The molecule has 0 aromatic carbocycles. The molecular formula is C12H15NO2. The van der Waals surface area contributed by atoms with Crippen molar-refractivity contribution in [2.24, 2.45) is 0 Å². The fourth-order valence-corrected chi connectivity index (χ4v) is 2.43. The second-order valence-electron chi connectivity index (χ2n) is 4.08. The number of fused-ring (bicyclic) bond motifs is 1. The summed E-state index contributed by atoms with van der Waals surface area (Å²) in [5.41, 5.74) is 4.10. The first-order chi connectivity index (χ1) is 7.45. The molecule has 3 rings (SSSR count). The normalized spacial score (nSPS) is 29.9. The molecular weight excluding hydrogens is 190 g/mol. The molecule has 0 amide bonds. The molecule has 3 nitrogen and oxygen atoms in total. The third-order valence-electron chi connectivity index (χ3n) is 3.20. The predicted molar refractivity (Wildman–Crippen MR) is 57.2 cm³/mol. The third-order valence-corrected chi connectivity index (χ3v) is 3.20. The van der Waals surface area contributed by atoms with E-state index >= 15 is 0 Å². The second-order valence-corrected chi connectivity index (χ2v) is 4.08. The molecule has 2 heterocycles. The third kappa shape index (κ3) is 1.62. The van der Waals surface area contributed by atoms with Crippen molar-refractivity contribution in [2.45, 2.75) is 18.9 Å². The van der Waals surface area contributed by atoms with Crippen LogP contribution in [-0.2, 0) is 9.47 Å². The Morgan fingerprint density at radius 3 is 3.20 bits per heavy atom. The van der Waals surface area contributed by atoms with Crippen LogP contribution >= 0.6 is 0 Å². The Morgan fingerprint density at radius 2 is 2.33 bits per heavy atom. The molecule has 0 aromatic rings. The molecule has 0 aromatic heterocycles. The van der Waals surface area contributed by atoms with E-state index in [1.807, 2.05) is 6.26 Å². The summed E-state index contributed by atoms with van der Waals surface area (Å²) in [5.74, 6) is 0. The van der Waals surface area contributed by atoms with Crippen molar-refractivity contribution < 1.29 is 9.47 Å². The van der Waals surface area contributed by atoms with Crippen LogP contribution in [0, 0.1) is 0 Å². The maximum Gasteiger partial charge on any atom is 0.0939 e. The Labute approximate surface area is 89.4 Å². The molecule has 80 valence electrons. The molecule has 0 saturated carbocycles. The summed E-state index contributed by atoms with van der Waals surface area (Å²) < 4.78 is 11.0. The zero-order valence-electron chi connectivity index (χ0n) is 8.66. The van der Waals surface area contributed by atoms with E-state index in [2.05, 4.69) is 11.4 Å². The standard InChI is InChI=1S/C12H15NO2/c1-2-11(12-7-13-4-6-15-12)10-3-5-14-8-9(1)10/h3,5,8,12-13H,1-2,4,6-7H2/t12-/m0/s1. The van der Waals surface area contributed by atoms with Crippen LogP contribution in [0.1, 0.15) is 12.8 Å². The van der Waals surface area contributed by atoms with Crippen LogP contribution in [0.4, 0.5) is 0 Å². The van der Waals surface area contributed by atoms with Gasteiger partial charge in [-0.3, -0.25) is 0 Å². The predicted octanol–water partition coefficient (Wildman–Crippen LogP) is 1.49. The van der Waals surface area contributed by atoms with Gasteiger partial charge in [-0.1, -0.05) is 0 Å². The number of ether oxygens (including phenoxy) is 2. The topological polar surface area (TPSA) is 30.5 Å². The minimum atomic E-state index is 0.266. The number of allylic oxidation sites excluding steroid dienone is 3. The molecule has 0 unspecified atom stereocenters. The van der Waals surface area contributed by atoms with Crippen LogP contribution < -0.4 is 5.32 Å². The van der Waals surface area contributed by atoms with Crippen molar-refractivity contribution in [3.63, 3.8) is 0 Å².